The van der Waals surface area contributed by atoms with Crippen molar-refractivity contribution in [2.45, 2.75) is 23.6 Å². The molecule has 4 rings (SSSR count). The van der Waals surface area contributed by atoms with Gasteiger partial charge in [0.2, 0.25) is 11.8 Å². The number of aryl methyl sites for hydroxylation is 1. The first kappa shape index (κ1) is 28.1. The van der Waals surface area contributed by atoms with Gasteiger partial charge in [-0.25, -0.2) is 9.97 Å². The molecule has 0 saturated heterocycles. The second-order valence-corrected chi connectivity index (χ2v) is 9.73. The van der Waals surface area contributed by atoms with Crippen molar-refractivity contribution < 1.29 is 14.6 Å². The molecule has 2 aromatic heterocycles. The highest BCUT2D eigenvalue weighted by Gasteiger charge is 2.26. The lowest BCUT2D eigenvalue weighted by Crippen LogP contribution is -2.20. The quantitative estimate of drug-likeness (QED) is 0.140. The number of halogens is 1. The van der Waals surface area contributed by atoms with Gasteiger partial charge in [-0.1, -0.05) is 30.0 Å². The summed E-state index contributed by atoms with van der Waals surface area (Å²) >= 11 is 1.12. The highest BCUT2D eigenvalue weighted by molar-refractivity contribution is 7.99. The second kappa shape index (κ2) is 12.3. The maximum absolute atomic E-state index is 13.4. The Kier molecular flexibility index (Phi) is 8.67. The van der Waals surface area contributed by atoms with Gasteiger partial charge in [0.25, 0.3) is 0 Å². The van der Waals surface area contributed by atoms with E-state index in [0.29, 0.717) is 28.4 Å². The van der Waals surface area contributed by atoms with Crippen molar-refractivity contribution in [2.75, 3.05) is 18.5 Å². The Morgan fingerprint density at radius 2 is 1.90 bits per heavy atom. The summed E-state index contributed by atoms with van der Waals surface area (Å²) in [5.74, 6) is -1.21. The predicted molar refractivity (Wildman–Crippen MR) is 155 cm³/mol. The van der Waals surface area contributed by atoms with E-state index in [-0.39, 0.29) is 27.7 Å². The number of allylic oxidation sites excluding steroid dienone is 1. The molecule has 0 fully saturated rings. The number of anilines is 2. The standard InChI is InChI=1S/C30H27FN6O2S/c1-4-37(21-7-5-6-19(16-21)17-32)27-26(24(33)14-15-34-3)36-30(39)29(28(27)38)40-22-10-8-20(9-11-22)23-12-13-25(31)35-18(23)2/h5-16,33-34H,4H2,1-3H3,(H2,36,38,39)/b15-14-,33-24?. The van der Waals surface area contributed by atoms with Crippen molar-refractivity contribution in [3.63, 3.8) is 0 Å². The van der Waals surface area contributed by atoms with Crippen LogP contribution < -0.4 is 10.2 Å². The highest BCUT2D eigenvalue weighted by atomic mass is 32.2. The minimum atomic E-state index is -0.541. The summed E-state index contributed by atoms with van der Waals surface area (Å²) < 4.78 is 13.4. The molecule has 0 amide bonds. The molecule has 10 heteroatoms. The Hall–Kier alpha value is -4.88. The summed E-state index contributed by atoms with van der Waals surface area (Å²) in [6, 6.07) is 19.3. The van der Waals surface area contributed by atoms with Gasteiger partial charge in [0.15, 0.2) is 5.75 Å². The van der Waals surface area contributed by atoms with Crippen LogP contribution in [0.15, 0.2) is 82.7 Å². The molecule has 4 aromatic rings. The van der Waals surface area contributed by atoms with E-state index in [1.807, 2.05) is 31.2 Å². The zero-order valence-corrected chi connectivity index (χ0v) is 22.9. The SMILES string of the molecule is CCN(c1cccc(C#N)c1)c1c(C(=N)/C=C\NC)nc(O)c(Sc2ccc(-c3ccc(F)nc3C)cc2)c1O. The lowest BCUT2D eigenvalue weighted by Gasteiger charge is -2.27. The minimum absolute atomic E-state index is 0.0333. The number of benzene rings is 2. The molecule has 40 heavy (non-hydrogen) atoms. The van der Waals surface area contributed by atoms with Crippen LogP contribution in [0.4, 0.5) is 15.8 Å². The molecule has 4 N–H and O–H groups in total. The van der Waals surface area contributed by atoms with Crippen molar-refractivity contribution >= 4 is 28.8 Å². The summed E-state index contributed by atoms with van der Waals surface area (Å²) in [6.07, 6.45) is 3.03. The van der Waals surface area contributed by atoms with Gasteiger partial charge in [0.1, 0.15) is 16.3 Å². The third-order valence-corrected chi connectivity index (χ3v) is 7.15. The van der Waals surface area contributed by atoms with Gasteiger partial charge in [0, 0.05) is 35.4 Å². The van der Waals surface area contributed by atoms with Crippen LogP contribution in [-0.4, -0.2) is 39.5 Å². The highest BCUT2D eigenvalue weighted by Crippen LogP contribution is 2.48. The number of aromatic nitrogens is 2. The number of pyridine rings is 2. The molecule has 0 radical (unpaired) electrons. The second-order valence-electron chi connectivity index (χ2n) is 8.65. The first-order valence-electron chi connectivity index (χ1n) is 12.3. The number of nitriles is 1. The maximum Gasteiger partial charge on any atom is 0.229 e. The fourth-order valence-corrected chi connectivity index (χ4v) is 5.03. The van der Waals surface area contributed by atoms with Gasteiger partial charge in [0.05, 0.1) is 17.3 Å². The zero-order chi connectivity index (χ0) is 28.8. The molecule has 0 bridgehead atoms. The third-order valence-electron chi connectivity index (χ3n) is 6.07. The number of nitrogens with one attached hydrogen (secondary N) is 2. The van der Waals surface area contributed by atoms with Crippen LogP contribution in [0.1, 0.15) is 23.9 Å². The zero-order valence-electron chi connectivity index (χ0n) is 22.1. The molecule has 0 aliphatic heterocycles. The van der Waals surface area contributed by atoms with Crippen molar-refractivity contribution in [3.8, 4) is 28.8 Å². The summed E-state index contributed by atoms with van der Waals surface area (Å²) in [5.41, 5.74) is 3.54. The lowest BCUT2D eigenvalue weighted by molar-refractivity contribution is 0.412. The largest absolute Gasteiger partial charge is 0.504 e. The van der Waals surface area contributed by atoms with Gasteiger partial charge in [-0.15, -0.1) is 0 Å². The van der Waals surface area contributed by atoms with Crippen LogP contribution in [-0.2, 0) is 0 Å². The predicted octanol–water partition coefficient (Wildman–Crippen LogP) is 6.28. The first-order valence-corrected chi connectivity index (χ1v) is 13.2. The first-order chi connectivity index (χ1) is 19.3. The molecule has 2 heterocycles. The third kappa shape index (κ3) is 5.90. The van der Waals surface area contributed by atoms with Gasteiger partial charge in [-0.2, -0.15) is 9.65 Å². The number of hydrogen-bond acceptors (Lipinski definition) is 9. The average molecular weight is 555 g/mol. The van der Waals surface area contributed by atoms with Crippen LogP contribution in [0.3, 0.4) is 0 Å². The number of nitrogens with zero attached hydrogens (tertiary/aromatic N) is 4. The fraction of sp³-hybridized carbons (Fsp3) is 0.133. The van der Waals surface area contributed by atoms with Crippen molar-refractivity contribution in [3.05, 3.63) is 95.8 Å². The monoisotopic (exact) mass is 554 g/mol. The van der Waals surface area contributed by atoms with Gasteiger partial charge >= 0.3 is 0 Å². The Morgan fingerprint density at radius 3 is 2.55 bits per heavy atom. The Bertz CT molecular complexity index is 1630. The maximum atomic E-state index is 13.4. The molecule has 0 aliphatic carbocycles. The summed E-state index contributed by atoms with van der Waals surface area (Å²) in [5, 5.41) is 43.3. The topological polar surface area (TPSA) is 129 Å². The fourth-order valence-electron chi connectivity index (χ4n) is 4.19. The van der Waals surface area contributed by atoms with Gasteiger partial charge < -0.3 is 20.4 Å². The minimum Gasteiger partial charge on any atom is -0.504 e. The molecular weight excluding hydrogens is 527 g/mol. The molecule has 2 aromatic carbocycles. The lowest BCUT2D eigenvalue weighted by atomic mass is 10.1. The molecule has 0 spiro atoms. The molecule has 0 unspecified atom stereocenters. The summed E-state index contributed by atoms with van der Waals surface area (Å²) in [6.45, 7) is 4.00. The van der Waals surface area contributed by atoms with Crippen LogP contribution in [0.5, 0.6) is 11.6 Å². The van der Waals surface area contributed by atoms with E-state index in [4.69, 9.17) is 5.41 Å². The van der Waals surface area contributed by atoms with Crippen molar-refractivity contribution in [1.82, 2.24) is 15.3 Å². The smallest absolute Gasteiger partial charge is 0.229 e. The Labute approximate surface area is 236 Å². The number of hydrogen-bond donors (Lipinski definition) is 4. The van der Waals surface area contributed by atoms with E-state index in [1.165, 1.54) is 12.1 Å². The van der Waals surface area contributed by atoms with Crippen LogP contribution in [0.25, 0.3) is 11.1 Å². The number of rotatable bonds is 9. The number of aromatic hydroxyl groups is 2. The summed E-state index contributed by atoms with van der Waals surface area (Å²) in [7, 11) is 1.69. The van der Waals surface area contributed by atoms with Crippen molar-refractivity contribution in [1.29, 1.82) is 10.7 Å². The van der Waals surface area contributed by atoms with Crippen molar-refractivity contribution in [2.24, 2.45) is 0 Å². The van der Waals surface area contributed by atoms with E-state index < -0.39 is 11.8 Å². The van der Waals surface area contributed by atoms with E-state index in [9.17, 15) is 19.9 Å². The average Bonchev–Trinajstić information content (AvgIpc) is 2.96. The van der Waals surface area contributed by atoms with Gasteiger partial charge in [-0.3, -0.25) is 5.41 Å². The van der Waals surface area contributed by atoms with Crippen LogP contribution in [0.2, 0.25) is 0 Å². The Morgan fingerprint density at radius 1 is 1.15 bits per heavy atom. The Balaban J connectivity index is 1.79. The van der Waals surface area contributed by atoms with E-state index in [1.54, 1.807) is 55.4 Å². The van der Waals surface area contributed by atoms with E-state index in [2.05, 4.69) is 21.4 Å². The van der Waals surface area contributed by atoms with E-state index in [0.717, 1.165) is 22.9 Å². The van der Waals surface area contributed by atoms with E-state index >= 15 is 0 Å². The van der Waals surface area contributed by atoms with Gasteiger partial charge in [-0.05, 0) is 74.2 Å². The normalized spacial score (nSPS) is 10.9. The molecule has 0 saturated carbocycles. The molecular formula is C30H27FN6O2S. The molecule has 8 nitrogen and oxygen atoms in total. The van der Waals surface area contributed by atoms with Crippen LogP contribution in [0, 0.1) is 29.6 Å². The molecule has 0 aliphatic rings. The summed E-state index contributed by atoms with van der Waals surface area (Å²) in [4.78, 5) is 10.8. The van der Waals surface area contributed by atoms with Crippen LogP contribution >= 0.6 is 11.8 Å². The molecule has 202 valence electrons. The molecule has 0 atom stereocenters.